The maximum absolute atomic E-state index is 11.5. The molecule has 0 amide bonds. The first-order valence-corrected chi connectivity index (χ1v) is 6.05. The van der Waals surface area contributed by atoms with Crippen LogP contribution in [0.1, 0.15) is 37.6 Å². The molecule has 0 aliphatic rings. The predicted octanol–water partition coefficient (Wildman–Crippen LogP) is 3.08. The highest BCUT2D eigenvalue weighted by atomic mass is 16.5. The van der Waals surface area contributed by atoms with Crippen LogP contribution in [0.25, 0.3) is 0 Å². The first-order valence-electron chi connectivity index (χ1n) is 6.05. The Morgan fingerprint density at radius 3 is 2.76 bits per heavy atom. The van der Waals surface area contributed by atoms with Crippen LogP contribution in [0.4, 0.5) is 0 Å². The van der Waals surface area contributed by atoms with Gasteiger partial charge in [-0.3, -0.25) is 4.79 Å². The second-order valence-electron chi connectivity index (χ2n) is 3.89. The van der Waals surface area contributed by atoms with Crippen LogP contribution in [0.3, 0.4) is 0 Å². The van der Waals surface area contributed by atoms with Gasteiger partial charge in [-0.2, -0.15) is 0 Å². The summed E-state index contributed by atoms with van der Waals surface area (Å²) in [6.45, 7) is 7.00. The summed E-state index contributed by atoms with van der Waals surface area (Å²) in [6, 6.07) is 7.29. The van der Waals surface area contributed by atoms with E-state index < -0.39 is 0 Å². The van der Waals surface area contributed by atoms with E-state index in [1.54, 1.807) is 6.07 Å². The summed E-state index contributed by atoms with van der Waals surface area (Å²) in [4.78, 5) is 11.5. The number of hydrogen-bond donors (Lipinski definition) is 0. The molecule has 1 atom stereocenters. The fourth-order valence-corrected chi connectivity index (χ4v) is 1.50. The van der Waals surface area contributed by atoms with E-state index in [4.69, 9.17) is 9.47 Å². The Labute approximate surface area is 103 Å². The van der Waals surface area contributed by atoms with E-state index in [0.717, 1.165) is 5.75 Å². The average Bonchev–Trinajstić information content (AvgIpc) is 2.35. The summed E-state index contributed by atoms with van der Waals surface area (Å²) < 4.78 is 10.9. The van der Waals surface area contributed by atoms with Crippen LogP contribution in [-0.2, 0) is 4.74 Å². The summed E-state index contributed by atoms with van der Waals surface area (Å²) in [5.74, 6) is 0.851. The molecule has 1 aromatic carbocycles. The minimum absolute atomic E-state index is 0.0121. The molecule has 0 aliphatic heterocycles. The van der Waals surface area contributed by atoms with Gasteiger partial charge in [-0.05, 0) is 26.0 Å². The summed E-state index contributed by atoms with van der Waals surface area (Å²) in [7, 11) is 0. The van der Waals surface area contributed by atoms with Gasteiger partial charge in [0.1, 0.15) is 11.9 Å². The lowest BCUT2D eigenvalue weighted by Crippen LogP contribution is -2.19. The molecule has 17 heavy (non-hydrogen) atoms. The summed E-state index contributed by atoms with van der Waals surface area (Å²) >= 11 is 0. The highest BCUT2D eigenvalue weighted by Crippen LogP contribution is 2.16. The van der Waals surface area contributed by atoms with Crippen LogP contribution in [0.15, 0.2) is 24.3 Å². The Balaban J connectivity index is 2.62. The molecular formula is C14H20O3. The molecule has 3 heteroatoms. The third-order valence-electron chi connectivity index (χ3n) is 2.37. The van der Waals surface area contributed by atoms with Crippen molar-refractivity contribution in [1.82, 2.24) is 0 Å². The van der Waals surface area contributed by atoms with Crippen molar-refractivity contribution in [1.29, 1.82) is 0 Å². The van der Waals surface area contributed by atoms with Crippen molar-refractivity contribution < 1.29 is 14.3 Å². The third kappa shape index (κ3) is 4.57. The second-order valence-corrected chi connectivity index (χ2v) is 3.89. The van der Waals surface area contributed by atoms with Crippen LogP contribution >= 0.6 is 0 Å². The number of ether oxygens (including phenoxy) is 2. The molecule has 0 heterocycles. The molecular weight excluding hydrogens is 216 g/mol. The molecule has 94 valence electrons. The van der Waals surface area contributed by atoms with Gasteiger partial charge in [-0.25, -0.2) is 0 Å². The third-order valence-corrected chi connectivity index (χ3v) is 2.37. The molecule has 0 fully saturated rings. The van der Waals surface area contributed by atoms with E-state index in [1.165, 1.54) is 0 Å². The molecule has 0 bridgehead atoms. The molecule has 0 radical (unpaired) electrons. The normalized spacial score (nSPS) is 12.2. The van der Waals surface area contributed by atoms with Crippen LogP contribution in [0, 0.1) is 0 Å². The van der Waals surface area contributed by atoms with Gasteiger partial charge in [-0.15, -0.1) is 0 Å². The van der Waals surface area contributed by atoms with Gasteiger partial charge in [0.05, 0.1) is 6.61 Å². The largest absolute Gasteiger partial charge is 0.488 e. The molecule has 0 N–H and O–H groups in total. The zero-order chi connectivity index (χ0) is 12.7. The molecule has 0 saturated heterocycles. The molecule has 0 spiro atoms. The molecule has 0 saturated carbocycles. The number of Topliss-reactive ketones (excluding diaryl/α,β-unsaturated/α-hetero) is 1. The number of ketones is 1. The number of rotatable bonds is 7. The van der Waals surface area contributed by atoms with Crippen LogP contribution in [-0.4, -0.2) is 25.1 Å². The Bertz CT molecular complexity index is 360. The first kappa shape index (κ1) is 13.7. The number of benzene rings is 1. The first-order chi connectivity index (χ1) is 8.17. The number of carbonyl (C=O) groups is 1. The van der Waals surface area contributed by atoms with E-state index in [1.807, 2.05) is 39.0 Å². The molecule has 1 rings (SSSR count). The maximum Gasteiger partial charge on any atom is 0.162 e. The lowest BCUT2D eigenvalue weighted by atomic mass is 10.1. The molecule has 1 aromatic rings. The molecule has 0 aliphatic carbocycles. The van der Waals surface area contributed by atoms with Gasteiger partial charge >= 0.3 is 0 Å². The van der Waals surface area contributed by atoms with Crippen LogP contribution < -0.4 is 4.74 Å². The second kappa shape index (κ2) is 7.07. The van der Waals surface area contributed by atoms with Crippen molar-refractivity contribution in [3.05, 3.63) is 29.8 Å². The number of carbonyl (C=O) groups excluding carboxylic acids is 1. The summed E-state index contributed by atoms with van der Waals surface area (Å²) in [5, 5.41) is 0. The standard InChI is InChI=1S/C14H20O3/c1-4-14(15)12-7-6-8-13(9-12)17-11(3)10-16-5-2/h6-9,11H,4-5,10H2,1-3H3. The van der Waals surface area contributed by atoms with Gasteiger partial charge < -0.3 is 9.47 Å². The van der Waals surface area contributed by atoms with Crippen molar-refractivity contribution >= 4 is 5.78 Å². The summed E-state index contributed by atoms with van der Waals surface area (Å²) in [6.07, 6.45) is 0.500. The van der Waals surface area contributed by atoms with Crippen molar-refractivity contribution in [3.8, 4) is 5.75 Å². The van der Waals surface area contributed by atoms with Crippen LogP contribution in [0.5, 0.6) is 5.75 Å². The van der Waals surface area contributed by atoms with Gasteiger partial charge in [-0.1, -0.05) is 19.1 Å². The SMILES string of the molecule is CCOCC(C)Oc1cccc(C(=O)CC)c1. The quantitative estimate of drug-likeness (QED) is 0.682. The minimum Gasteiger partial charge on any atom is -0.488 e. The molecule has 3 nitrogen and oxygen atoms in total. The maximum atomic E-state index is 11.5. The highest BCUT2D eigenvalue weighted by Gasteiger charge is 2.07. The van der Waals surface area contributed by atoms with E-state index in [2.05, 4.69) is 0 Å². The van der Waals surface area contributed by atoms with Crippen molar-refractivity contribution in [2.45, 2.75) is 33.3 Å². The Morgan fingerprint density at radius 2 is 2.12 bits per heavy atom. The fourth-order valence-electron chi connectivity index (χ4n) is 1.50. The predicted molar refractivity (Wildman–Crippen MR) is 67.6 cm³/mol. The van der Waals surface area contributed by atoms with Crippen molar-refractivity contribution in [2.24, 2.45) is 0 Å². The van der Waals surface area contributed by atoms with Crippen LogP contribution in [0.2, 0.25) is 0 Å². The van der Waals surface area contributed by atoms with Crippen molar-refractivity contribution in [2.75, 3.05) is 13.2 Å². The van der Waals surface area contributed by atoms with Gasteiger partial charge in [0.15, 0.2) is 5.78 Å². The van der Waals surface area contributed by atoms with E-state index >= 15 is 0 Å². The zero-order valence-corrected chi connectivity index (χ0v) is 10.7. The zero-order valence-electron chi connectivity index (χ0n) is 10.7. The van der Waals surface area contributed by atoms with Gasteiger partial charge in [0.25, 0.3) is 0 Å². The highest BCUT2D eigenvalue weighted by molar-refractivity contribution is 5.96. The Morgan fingerprint density at radius 1 is 1.35 bits per heavy atom. The van der Waals surface area contributed by atoms with E-state index in [9.17, 15) is 4.79 Å². The van der Waals surface area contributed by atoms with Gasteiger partial charge in [0.2, 0.25) is 0 Å². The molecule has 0 aromatic heterocycles. The van der Waals surface area contributed by atoms with E-state index in [-0.39, 0.29) is 11.9 Å². The van der Waals surface area contributed by atoms with Gasteiger partial charge in [0, 0.05) is 18.6 Å². The minimum atomic E-state index is -0.0121. The smallest absolute Gasteiger partial charge is 0.162 e. The lowest BCUT2D eigenvalue weighted by Gasteiger charge is -2.14. The average molecular weight is 236 g/mol. The van der Waals surface area contributed by atoms with E-state index in [0.29, 0.717) is 25.2 Å². The lowest BCUT2D eigenvalue weighted by molar-refractivity contribution is 0.0656. The van der Waals surface area contributed by atoms with Crippen molar-refractivity contribution in [3.63, 3.8) is 0 Å². The topological polar surface area (TPSA) is 35.5 Å². The fraction of sp³-hybridized carbons (Fsp3) is 0.500. The summed E-state index contributed by atoms with van der Waals surface area (Å²) in [5.41, 5.74) is 0.702. The number of hydrogen-bond acceptors (Lipinski definition) is 3. The Kier molecular flexibility index (Phi) is 5.70. The monoisotopic (exact) mass is 236 g/mol. The Hall–Kier alpha value is -1.35. The molecule has 1 unspecified atom stereocenters.